The fourth-order valence-electron chi connectivity index (χ4n) is 2.00. The zero-order valence-electron chi connectivity index (χ0n) is 9.76. The average Bonchev–Trinajstić information content (AvgIpc) is 2.82. The molecule has 0 atom stereocenters. The highest BCUT2D eigenvalue weighted by molar-refractivity contribution is 5.92. The van der Waals surface area contributed by atoms with Crippen LogP contribution in [-0.4, -0.2) is 11.1 Å². The van der Waals surface area contributed by atoms with Gasteiger partial charge in [0.05, 0.1) is 0 Å². The number of aromatic carboxylic acids is 1. The first-order valence-electron chi connectivity index (χ1n) is 5.67. The molecule has 0 radical (unpaired) electrons. The summed E-state index contributed by atoms with van der Waals surface area (Å²) in [6.07, 6.45) is 0. The Labute approximate surface area is 107 Å². The molecule has 0 saturated carbocycles. The molecule has 19 heavy (non-hydrogen) atoms. The van der Waals surface area contributed by atoms with E-state index < -0.39 is 5.97 Å². The predicted molar refractivity (Wildman–Crippen MR) is 68.6 cm³/mol. The topological polar surface area (TPSA) is 50.4 Å². The molecule has 3 rings (SSSR count). The third-order valence-corrected chi connectivity index (χ3v) is 2.92. The Morgan fingerprint density at radius 3 is 2.63 bits per heavy atom. The van der Waals surface area contributed by atoms with Crippen molar-refractivity contribution >= 4 is 16.9 Å². The van der Waals surface area contributed by atoms with Crippen molar-refractivity contribution < 1.29 is 18.7 Å². The van der Waals surface area contributed by atoms with E-state index in [0.717, 1.165) is 0 Å². The molecule has 0 saturated heterocycles. The molecule has 3 aromatic rings. The number of carboxylic acid groups (broad SMARTS) is 1. The highest BCUT2D eigenvalue weighted by Crippen LogP contribution is 2.28. The summed E-state index contributed by atoms with van der Waals surface area (Å²) in [4.78, 5) is 10.8. The van der Waals surface area contributed by atoms with Crippen molar-refractivity contribution in [1.82, 2.24) is 0 Å². The van der Waals surface area contributed by atoms with Gasteiger partial charge in [-0.1, -0.05) is 30.3 Å². The molecular formula is C15H9FO3. The third kappa shape index (κ3) is 1.97. The number of benzene rings is 2. The molecule has 0 aliphatic heterocycles. The normalized spacial score (nSPS) is 10.8. The van der Waals surface area contributed by atoms with Crippen molar-refractivity contribution in [2.75, 3.05) is 0 Å². The van der Waals surface area contributed by atoms with Gasteiger partial charge in [-0.3, -0.25) is 0 Å². The number of fused-ring (bicyclic) bond motifs is 1. The third-order valence-electron chi connectivity index (χ3n) is 2.92. The first-order valence-corrected chi connectivity index (χ1v) is 5.67. The Morgan fingerprint density at radius 1 is 1.11 bits per heavy atom. The van der Waals surface area contributed by atoms with Gasteiger partial charge in [0.2, 0.25) is 5.76 Å². The van der Waals surface area contributed by atoms with Gasteiger partial charge in [0.25, 0.3) is 0 Å². The Balaban J connectivity index is 2.16. The lowest BCUT2D eigenvalue weighted by atomic mass is 10.0. The quantitative estimate of drug-likeness (QED) is 0.755. The molecule has 0 spiro atoms. The Hall–Kier alpha value is -2.62. The van der Waals surface area contributed by atoms with Crippen LogP contribution in [0.3, 0.4) is 0 Å². The molecule has 0 aliphatic carbocycles. The Morgan fingerprint density at radius 2 is 1.89 bits per heavy atom. The molecular weight excluding hydrogens is 247 g/mol. The molecule has 3 nitrogen and oxygen atoms in total. The van der Waals surface area contributed by atoms with E-state index in [4.69, 9.17) is 9.52 Å². The van der Waals surface area contributed by atoms with Gasteiger partial charge in [-0.2, -0.15) is 0 Å². The standard InChI is InChI=1S/C15H9FO3/c16-12-4-2-1-3-11(12)9-5-6-10-8-14(15(17)18)19-13(10)7-9/h1-8H,(H,17,18). The molecule has 4 heteroatoms. The first-order chi connectivity index (χ1) is 9.15. The van der Waals surface area contributed by atoms with Crippen LogP contribution in [0.2, 0.25) is 0 Å². The zero-order chi connectivity index (χ0) is 13.4. The van der Waals surface area contributed by atoms with E-state index in [0.29, 0.717) is 22.1 Å². The lowest BCUT2D eigenvalue weighted by molar-refractivity contribution is 0.0665. The maximum Gasteiger partial charge on any atom is 0.371 e. The summed E-state index contributed by atoms with van der Waals surface area (Å²) in [5.74, 6) is -1.57. The number of rotatable bonds is 2. The van der Waals surface area contributed by atoms with E-state index in [-0.39, 0.29) is 11.6 Å². The summed E-state index contributed by atoms with van der Waals surface area (Å²) in [7, 11) is 0. The van der Waals surface area contributed by atoms with E-state index >= 15 is 0 Å². The lowest BCUT2D eigenvalue weighted by Crippen LogP contribution is -1.91. The second-order valence-corrected chi connectivity index (χ2v) is 4.15. The van der Waals surface area contributed by atoms with Crippen LogP contribution in [0.15, 0.2) is 52.9 Å². The summed E-state index contributed by atoms with van der Waals surface area (Å²) in [5, 5.41) is 9.54. The largest absolute Gasteiger partial charge is 0.475 e. The van der Waals surface area contributed by atoms with Crippen LogP contribution in [-0.2, 0) is 0 Å². The van der Waals surface area contributed by atoms with Gasteiger partial charge >= 0.3 is 5.97 Å². The lowest BCUT2D eigenvalue weighted by Gasteiger charge is -2.02. The molecule has 94 valence electrons. The van der Waals surface area contributed by atoms with E-state index in [2.05, 4.69) is 0 Å². The summed E-state index contributed by atoms with van der Waals surface area (Å²) in [5.41, 5.74) is 1.53. The summed E-state index contributed by atoms with van der Waals surface area (Å²) in [6.45, 7) is 0. The van der Waals surface area contributed by atoms with Crippen LogP contribution < -0.4 is 0 Å². The minimum absolute atomic E-state index is 0.124. The fourth-order valence-corrected chi connectivity index (χ4v) is 2.00. The van der Waals surface area contributed by atoms with Gasteiger partial charge in [0.15, 0.2) is 0 Å². The molecule has 1 heterocycles. The molecule has 1 N–H and O–H groups in total. The van der Waals surface area contributed by atoms with Gasteiger partial charge in [-0.05, 0) is 23.8 Å². The highest BCUT2D eigenvalue weighted by atomic mass is 19.1. The molecule has 1 aromatic heterocycles. The summed E-state index contributed by atoms with van der Waals surface area (Å²) >= 11 is 0. The summed E-state index contributed by atoms with van der Waals surface area (Å²) < 4.78 is 18.9. The molecule has 0 bridgehead atoms. The van der Waals surface area contributed by atoms with Gasteiger partial charge in [0.1, 0.15) is 11.4 Å². The first kappa shape index (κ1) is 11.5. The SMILES string of the molecule is O=C(O)c1cc2ccc(-c3ccccc3F)cc2o1. The smallest absolute Gasteiger partial charge is 0.371 e. The second kappa shape index (κ2) is 4.24. The van der Waals surface area contributed by atoms with Crippen molar-refractivity contribution in [3.05, 3.63) is 60.1 Å². The number of hydrogen-bond donors (Lipinski definition) is 1. The maximum absolute atomic E-state index is 13.7. The minimum atomic E-state index is -1.12. The minimum Gasteiger partial charge on any atom is -0.475 e. The van der Waals surface area contributed by atoms with Crippen LogP contribution in [0.5, 0.6) is 0 Å². The average molecular weight is 256 g/mol. The molecule has 0 amide bonds. The number of carbonyl (C=O) groups is 1. The van der Waals surface area contributed by atoms with E-state index in [1.165, 1.54) is 12.1 Å². The fraction of sp³-hybridized carbons (Fsp3) is 0. The van der Waals surface area contributed by atoms with E-state index in [9.17, 15) is 9.18 Å². The maximum atomic E-state index is 13.7. The van der Waals surface area contributed by atoms with Gasteiger partial charge in [0, 0.05) is 10.9 Å². The number of furan rings is 1. The van der Waals surface area contributed by atoms with Crippen molar-refractivity contribution in [1.29, 1.82) is 0 Å². The van der Waals surface area contributed by atoms with Crippen LogP contribution in [0.25, 0.3) is 22.1 Å². The molecule has 2 aromatic carbocycles. The Kier molecular flexibility index (Phi) is 2.56. The van der Waals surface area contributed by atoms with E-state index in [1.54, 1.807) is 36.4 Å². The van der Waals surface area contributed by atoms with Gasteiger partial charge in [-0.25, -0.2) is 9.18 Å². The van der Waals surface area contributed by atoms with Gasteiger partial charge in [-0.15, -0.1) is 0 Å². The van der Waals surface area contributed by atoms with Gasteiger partial charge < -0.3 is 9.52 Å². The number of carboxylic acids is 1. The Bertz CT molecular complexity index is 774. The highest BCUT2D eigenvalue weighted by Gasteiger charge is 2.12. The van der Waals surface area contributed by atoms with Crippen molar-refractivity contribution in [2.24, 2.45) is 0 Å². The zero-order valence-corrected chi connectivity index (χ0v) is 9.76. The van der Waals surface area contributed by atoms with Crippen LogP contribution in [0.1, 0.15) is 10.6 Å². The second-order valence-electron chi connectivity index (χ2n) is 4.15. The molecule has 0 unspecified atom stereocenters. The summed E-state index contributed by atoms with van der Waals surface area (Å²) in [6, 6.07) is 12.9. The molecule has 0 aliphatic rings. The van der Waals surface area contributed by atoms with Crippen LogP contribution in [0, 0.1) is 5.82 Å². The predicted octanol–water partition coefficient (Wildman–Crippen LogP) is 3.94. The van der Waals surface area contributed by atoms with Crippen LogP contribution in [0.4, 0.5) is 4.39 Å². The number of hydrogen-bond acceptors (Lipinski definition) is 2. The monoisotopic (exact) mass is 256 g/mol. The number of halogens is 1. The van der Waals surface area contributed by atoms with Crippen molar-refractivity contribution in [3.8, 4) is 11.1 Å². The van der Waals surface area contributed by atoms with Crippen molar-refractivity contribution in [3.63, 3.8) is 0 Å². The van der Waals surface area contributed by atoms with Crippen molar-refractivity contribution in [2.45, 2.75) is 0 Å². The molecule has 0 fully saturated rings. The van der Waals surface area contributed by atoms with E-state index in [1.807, 2.05) is 0 Å². The van der Waals surface area contributed by atoms with Crippen LogP contribution >= 0.6 is 0 Å².